The monoisotopic (exact) mass is 180 g/mol. The lowest BCUT2D eigenvalue weighted by molar-refractivity contribution is -0.150. The van der Waals surface area contributed by atoms with Gasteiger partial charge >= 0.3 is 0 Å². The van der Waals surface area contributed by atoms with E-state index in [1.54, 1.807) is 11.0 Å². The maximum Gasteiger partial charge on any atom is 0.225 e. The second-order valence-electron chi connectivity index (χ2n) is 3.24. The summed E-state index contributed by atoms with van der Waals surface area (Å²) in [4.78, 5) is 15.4. The number of hydrogen-bond acceptors (Lipinski definition) is 2. The summed E-state index contributed by atoms with van der Waals surface area (Å²) >= 11 is 0. The maximum atomic E-state index is 11.1. The Bertz CT molecular complexity index is 282. The van der Waals surface area contributed by atoms with Crippen LogP contribution in [-0.4, -0.2) is 29.4 Å². The smallest absolute Gasteiger partial charge is 0.225 e. The first-order valence-corrected chi connectivity index (χ1v) is 4.09. The molecule has 5 heteroatoms. The number of hydrogen-bond donors (Lipinski definition) is 0. The second kappa shape index (κ2) is 3.49. The van der Waals surface area contributed by atoms with Crippen molar-refractivity contribution in [1.29, 1.82) is 0 Å². The Kier molecular flexibility index (Phi) is 2.58. The van der Waals surface area contributed by atoms with Crippen molar-refractivity contribution in [1.82, 2.24) is 4.90 Å². The molecule has 13 heavy (non-hydrogen) atoms. The van der Waals surface area contributed by atoms with Crippen molar-refractivity contribution in [3.63, 3.8) is 0 Å². The fourth-order valence-electron chi connectivity index (χ4n) is 1.44. The minimum Gasteiger partial charge on any atom is -0.333 e. The minimum atomic E-state index is -0.234. The van der Waals surface area contributed by atoms with Gasteiger partial charge in [-0.3, -0.25) is 4.79 Å². The molecule has 5 nitrogen and oxygen atoms in total. The summed E-state index contributed by atoms with van der Waals surface area (Å²) < 4.78 is 0. The summed E-state index contributed by atoms with van der Waals surface area (Å²) in [5.41, 5.74) is 7.82. The number of β-lactam (4-membered cyclic amide) rings is 1. The van der Waals surface area contributed by atoms with Crippen LogP contribution in [0.25, 0.3) is 10.4 Å². The van der Waals surface area contributed by atoms with Crippen molar-refractivity contribution in [3.8, 4) is 0 Å². The molecule has 0 bridgehead atoms. The Morgan fingerprint density at radius 1 is 1.92 bits per heavy atom. The molecule has 70 valence electrons. The minimum absolute atomic E-state index is 0.0931. The van der Waals surface area contributed by atoms with Gasteiger partial charge in [-0.15, -0.1) is 6.58 Å². The number of carbonyl (C=O) groups excluding carboxylic acids is 1. The molecule has 1 amide bonds. The molecule has 0 N–H and O–H groups in total. The third kappa shape index (κ3) is 1.65. The standard InChI is InChI=1S/C8H12N4O/c1-3-8(2)6-7(13)12(8)5-4-10-11-9/h3H,1,4-6H2,2H3. The van der Waals surface area contributed by atoms with Crippen LogP contribution in [-0.2, 0) is 4.79 Å². The predicted octanol–water partition coefficient (Wildman–Crippen LogP) is 1.47. The SMILES string of the molecule is C=CC1(C)CC(=O)N1CCN=[N+]=[N-]. The van der Waals surface area contributed by atoms with Crippen LogP contribution < -0.4 is 0 Å². The molecule has 1 aliphatic heterocycles. The molecule has 1 atom stereocenters. The van der Waals surface area contributed by atoms with Gasteiger partial charge in [-0.1, -0.05) is 11.2 Å². The van der Waals surface area contributed by atoms with E-state index >= 15 is 0 Å². The van der Waals surface area contributed by atoms with Crippen LogP contribution in [0.1, 0.15) is 13.3 Å². The van der Waals surface area contributed by atoms with Crippen molar-refractivity contribution < 1.29 is 4.79 Å². The van der Waals surface area contributed by atoms with E-state index < -0.39 is 0 Å². The van der Waals surface area contributed by atoms with Gasteiger partial charge in [-0.2, -0.15) is 0 Å². The molecule has 0 radical (unpaired) electrons. The van der Waals surface area contributed by atoms with Gasteiger partial charge in [-0.05, 0) is 12.5 Å². The Labute approximate surface area is 76.7 Å². The summed E-state index contributed by atoms with van der Waals surface area (Å²) in [5.74, 6) is 0.0931. The first-order valence-electron chi connectivity index (χ1n) is 4.09. The lowest BCUT2D eigenvalue weighted by Gasteiger charge is -2.48. The summed E-state index contributed by atoms with van der Waals surface area (Å²) in [5, 5.41) is 3.38. The van der Waals surface area contributed by atoms with Gasteiger partial charge < -0.3 is 4.90 Å². The third-order valence-corrected chi connectivity index (χ3v) is 2.35. The molecular weight excluding hydrogens is 168 g/mol. The summed E-state index contributed by atoms with van der Waals surface area (Å²) in [7, 11) is 0. The molecule has 1 saturated heterocycles. The predicted molar refractivity (Wildman–Crippen MR) is 48.9 cm³/mol. The van der Waals surface area contributed by atoms with Crippen LogP contribution in [0.5, 0.6) is 0 Å². The quantitative estimate of drug-likeness (QED) is 0.212. The molecule has 1 unspecified atom stereocenters. The van der Waals surface area contributed by atoms with Crippen molar-refractivity contribution >= 4 is 5.91 Å². The Morgan fingerprint density at radius 2 is 2.62 bits per heavy atom. The molecule has 0 aliphatic carbocycles. The number of rotatable bonds is 4. The lowest BCUT2D eigenvalue weighted by Crippen LogP contribution is -2.61. The molecule has 0 saturated carbocycles. The number of amides is 1. The average molecular weight is 180 g/mol. The summed E-state index contributed by atoms with van der Waals surface area (Å²) in [6.07, 6.45) is 2.26. The molecule has 0 aromatic carbocycles. The van der Waals surface area contributed by atoms with Gasteiger partial charge in [0.25, 0.3) is 0 Å². The van der Waals surface area contributed by atoms with E-state index in [1.165, 1.54) is 0 Å². The second-order valence-corrected chi connectivity index (χ2v) is 3.24. The van der Waals surface area contributed by atoms with Gasteiger partial charge in [0.1, 0.15) is 0 Å². The molecule has 0 aromatic heterocycles. The maximum absolute atomic E-state index is 11.1. The van der Waals surface area contributed by atoms with Crippen LogP contribution in [0.2, 0.25) is 0 Å². The van der Waals surface area contributed by atoms with Crippen LogP contribution in [0.15, 0.2) is 17.8 Å². The van der Waals surface area contributed by atoms with Gasteiger partial charge in [0, 0.05) is 18.0 Å². The Hall–Kier alpha value is -1.48. The highest BCUT2D eigenvalue weighted by molar-refractivity contribution is 5.85. The van der Waals surface area contributed by atoms with Crippen LogP contribution in [0, 0.1) is 0 Å². The van der Waals surface area contributed by atoms with Crippen molar-refractivity contribution in [2.24, 2.45) is 5.11 Å². The van der Waals surface area contributed by atoms with E-state index in [1.807, 2.05) is 6.92 Å². The Balaban J connectivity index is 2.52. The topological polar surface area (TPSA) is 69.1 Å². The number of nitrogens with zero attached hydrogens (tertiary/aromatic N) is 4. The van der Waals surface area contributed by atoms with Gasteiger partial charge in [0.2, 0.25) is 5.91 Å². The van der Waals surface area contributed by atoms with Gasteiger partial charge in [-0.25, -0.2) is 0 Å². The fraction of sp³-hybridized carbons (Fsp3) is 0.625. The number of likely N-dealkylation sites (tertiary alicyclic amines) is 1. The van der Waals surface area contributed by atoms with E-state index in [0.29, 0.717) is 19.5 Å². The highest BCUT2D eigenvalue weighted by Gasteiger charge is 2.43. The van der Waals surface area contributed by atoms with E-state index in [4.69, 9.17) is 5.53 Å². The van der Waals surface area contributed by atoms with E-state index in [9.17, 15) is 4.79 Å². The number of carbonyl (C=O) groups is 1. The Morgan fingerprint density at radius 3 is 3.08 bits per heavy atom. The molecule has 0 aromatic rings. The molecule has 0 spiro atoms. The molecule has 1 rings (SSSR count). The first kappa shape index (κ1) is 9.61. The van der Waals surface area contributed by atoms with Crippen LogP contribution >= 0.6 is 0 Å². The van der Waals surface area contributed by atoms with Crippen molar-refractivity contribution in [2.75, 3.05) is 13.1 Å². The fourth-order valence-corrected chi connectivity index (χ4v) is 1.44. The van der Waals surface area contributed by atoms with Crippen molar-refractivity contribution in [3.05, 3.63) is 23.1 Å². The van der Waals surface area contributed by atoms with Gasteiger partial charge in [0.15, 0.2) is 0 Å². The highest BCUT2D eigenvalue weighted by Crippen LogP contribution is 2.31. The zero-order valence-electron chi connectivity index (χ0n) is 7.60. The van der Waals surface area contributed by atoms with E-state index in [2.05, 4.69) is 16.6 Å². The van der Waals surface area contributed by atoms with Crippen molar-refractivity contribution in [2.45, 2.75) is 18.9 Å². The normalized spacial score (nSPS) is 26.2. The molecular formula is C8H12N4O. The van der Waals surface area contributed by atoms with E-state index in [-0.39, 0.29) is 11.4 Å². The van der Waals surface area contributed by atoms with Gasteiger partial charge in [0.05, 0.1) is 12.0 Å². The molecule has 1 fully saturated rings. The summed E-state index contributed by atoms with van der Waals surface area (Å²) in [6, 6.07) is 0. The van der Waals surface area contributed by atoms with Crippen LogP contribution in [0.4, 0.5) is 0 Å². The number of azide groups is 1. The largest absolute Gasteiger partial charge is 0.333 e. The van der Waals surface area contributed by atoms with E-state index in [0.717, 1.165) is 0 Å². The third-order valence-electron chi connectivity index (χ3n) is 2.35. The summed E-state index contributed by atoms with van der Waals surface area (Å²) in [6.45, 7) is 6.41. The average Bonchev–Trinajstić information content (AvgIpc) is 2.12. The zero-order chi connectivity index (χ0) is 9.90. The highest BCUT2D eigenvalue weighted by atomic mass is 16.2. The van der Waals surface area contributed by atoms with Crippen LogP contribution in [0.3, 0.4) is 0 Å². The first-order chi connectivity index (χ1) is 6.14. The molecule has 1 aliphatic rings. The zero-order valence-corrected chi connectivity index (χ0v) is 7.60. The lowest BCUT2D eigenvalue weighted by atomic mass is 9.86. The molecule has 1 heterocycles.